The number of anilines is 2. The summed E-state index contributed by atoms with van der Waals surface area (Å²) >= 11 is 5.99. The first-order valence-electron chi connectivity index (χ1n) is 7.14. The zero-order chi connectivity index (χ0) is 15.5. The van der Waals surface area contributed by atoms with Crippen molar-refractivity contribution in [2.24, 2.45) is 0 Å². The first kappa shape index (κ1) is 14.7. The van der Waals surface area contributed by atoms with Crippen molar-refractivity contribution in [3.8, 4) is 5.75 Å². The molecule has 0 atom stereocenters. The number of hydrogen-bond donors (Lipinski definition) is 1. The number of para-hydroxylation sites is 1. The van der Waals surface area contributed by atoms with E-state index in [0.29, 0.717) is 10.8 Å². The van der Waals surface area contributed by atoms with Crippen molar-refractivity contribution in [2.45, 2.75) is 6.42 Å². The van der Waals surface area contributed by atoms with Crippen LogP contribution in [0.2, 0.25) is 5.02 Å². The quantitative estimate of drug-likeness (QED) is 0.940. The van der Waals surface area contributed by atoms with Gasteiger partial charge in [-0.3, -0.25) is 4.79 Å². The van der Waals surface area contributed by atoms with Crippen LogP contribution in [0.25, 0.3) is 0 Å². The Morgan fingerprint density at radius 2 is 2.14 bits per heavy atom. The lowest BCUT2D eigenvalue weighted by atomic mass is 10.2. The summed E-state index contributed by atoms with van der Waals surface area (Å²) in [5, 5.41) is 3.71. The molecular formula is C17H17ClN2O2. The van der Waals surface area contributed by atoms with E-state index < -0.39 is 0 Å². The number of nitrogens with zero attached hydrogens (tertiary/aromatic N) is 1. The van der Waals surface area contributed by atoms with Gasteiger partial charge in [-0.2, -0.15) is 0 Å². The van der Waals surface area contributed by atoms with Crippen LogP contribution < -0.4 is 15.0 Å². The fourth-order valence-corrected chi connectivity index (χ4v) is 2.85. The summed E-state index contributed by atoms with van der Waals surface area (Å²) in [7, 11) is 1.59. The van der Waals surface area contributed by atoms with Gasteiger partial charge in [-0.05, 0) is 36.2 Å². The van der Waals surface area contributed by atoms with Crippen molar-refractivity contribution in [3.63, 3.8) is 0 Å². The maximum absolute atomic E-state index is 12.5. The smallest absolute Gasteiger partial charge is 0.246 e. The molecular weight excluding hydrogens is 300 g/mol. The predicted octanol–water partition coefficient (Wildman–Crippen LogP) is 3.35. The minimum atomic E-state index is 0.0342. The fourth-order valence-electron chi connectivity index (χ4n) is 2.68. The third kappa shape index (κ3) is 2.88. The number of rotatable bonds is 4. The molecule has 1 aliphatic rings. The highest BCUT2D eigenvalue weighted by atomic mass is 35.5. The molecule has 1 amide bonds. The normalized spacial score (nSPS) is 12.9. The fraction of sp³-hybridized carbons (Fsp3) is 0.235. The van der Waals surface area contributed by atoms with E-state index in [1.807, 2.05) is 23.1 Å². The number of amides is 1. The van der Waals surface area contributed by atoms with Gasteiger partial charge < -0.3 is 15.0 Å². The third-order valence-electron chi connectivity index (χ3n) is 3.78. The monoisotopic (exact) mass is 316 g/mol. The largest absolute Gasteiger partial charge is 0.495 e. The Morgan fingerprint density at radius 1 is 1.32 bits per heavy atom. The Balaban J connectivity index is 1.70. The topological polar surface area (TPSA) is 41.6 Å². The number of benzene rings is 2. The van der Waals surface area contributed by atoms with Gasteiger partial charge in [0.15, 0.2) is 0 Å². The molecule has 1 heterocycles. The van der Waals surface area contributed by atoms with Crippen LogP contribution in [0.15, 0.2) is 42.5 Å². The lowest BCUT2D eigenvalue weighted by molar-refractivity contribution is -0.116. The van der Waals surface area contributed by atoms with Crippen LogP contribution in [0.5, 0.6) is 5.75 Å². The van der Waals surface area contributed by atoms with E-state index in [9.17, 15) is 4.79 Å². The van der Waals surface area contributed by atoms with E-state index in [2.05, 4.69) is 11.4 Å². The average molecular weight is 317 g/mol. The third-order valence-corrected chi connectivity index (χ3v) is 4.01. The molecule has 0 saturated heterocycles. The summed E-state index contributed by atoms with van der Waals surface area (Å²) in [6.07, 6.45) is 0.905. The molecule has 0 radical (unpaired) electrons. The Bertz CT molecular complexity index is 703. The standard InChI is InChI=1S/C17H17ClN2O2/c1-22-16-7-6-13(18)10-14(16)19-11-17(21)20-9-8-12-4-2-3-5-15(12)20/h2-7,10,19H,8-9,11H2,1H3. The summed E-state index contributed by atoms with van der Waals surface area (Å²) in [6.45, 7) is 0.928. The maximum Gasteiger partial charge on any atom is 0.246 e. The first-order valence-corrected chi connectivity index (χ1v) is 7.52. The highest BCUT2D eigenvalue weighted by Crippen LogP contribution is 2.29. The lowest BCUT2D eigenvalue weighted by Crippen LogP contribution is -2.34. The number of hydrogen-bond acceptors (Lipinski definition) is 3. The molecule has 1 aliphatic heterocycles. The van der Waals surface area contributed by atoms with E-state index in [4.69, 9.17) is 16.3 Å². The van der Waals surface area contributed by atoms with E-state index >= 15 is 0 Å². The van der Waals surface area contributed by atoms with Crippen molar-refractivity contribution in [1.82, 2.24) is 0 Å². The number of fused-ring (bicyclic) bond motifs is 1. The molecule has 3 rings (SSSR count). The molecule has 0 bridgehead atoms. The second kappa shape index (κ2) is 6.28. The van der Waals surface area contributed by atoms with Crippen LogP contribution >= 0.6 is 11.6 Å². The molecule has 4 nitrogen and oxygen atoms in total. The minimum Gasteiger partial charge on any atom is -0.495 e. The van der Waals surface area contributed by atoms with E-state index in [1.54, 1.807) is 25.3 Å². The van der Waals surface area contributed by atoms with Crippen LogP contribution in [0.1, 0.15) is 5.56 Å². The van der Waals surface area contributed by atoms with Crippen LogP contribution in [0, 0.1) is 0 Å². The van der Waals surface area contributed by atoms with Gasteiger partial charge in [0.25, 0.3) is 0 Å². The number of methoxy groups -OCH3 is 1. The molecule has 114 valence electrons. The number of ether oxygens (including phenoxy) is 1. The molecule has 0 aromatic heterocycles. The summed E-state index contributed by atoms with van der Waals surface area (Å²) < 4.78 is 5.27. The highest BCUT2D eigenvalue weighted by molar-refractivity contribution is 6.31. The van der Waals surface area contributed by atoms with Gasteiger partial charge in [-0.1, -0.05) is 29.8 Å². The Hall–Kier alpha value is -2.20. The van der Waals surface area contributed by atoms with Gasteiger partial charge in [-0.15, -0.1) is 0 Å². The zero-order valence-electron chi connectivity index (χ0n) is 12.3. The van der Waals surface area contributed by atoms with Crippen LogP contribution in [0.3, 0.4) is 0 Å². The number of halogens is 1. The summed E-state index contributed by atoms with van der Waals surface area (Å²) in [5.74, 6) is 0.700. The second-order valence-corrected chi connectivity index (χ2v) is 5.56. The van der Waals surface area contributed by atoms with Gasteiger partial charge >= 0.3 is 0 Å². The van der Waals surface area contributed by atoms with Crippen molar-refractivity contribution in [2.75, 3.05) is 30.4 Å². The Kier molecular flexibility index (Phi) is 4.20. The average Bonchev–Trinajstić information content (AvgIpc) is 2.97. The molecule has 2 aromatic carbocycles. The summed E-state index contributed by atoms with van der Waals surface area (Å²) in [4.78, 5) is 14.3. The Labute approximate surface area is 134 Å². The summed E-state index contributed by atoms with van der Waals surface area (Å²) in [6, 6.07) is 13.3. The molecule has 2 aromatic rings. The van der Waals surface area contributed by atoms with E-state index in [1.165, 1.54) is 5.56 Å². The number of carbonyl (C=O) groups excluding carboxylic acids is 1. The van der Waals surface area contributed by atoms with Gasteiger partial charge in [-0.25, -0.2) is 0 Å². The highest BCUT2D eigenvalue weighted by Gasteiger charge is 2.23. The molecule has 0 aliphatic carbocycles. The van der Waals surface area contributed by atoms with Crippen molar-refractivity contribution in [3.05, 3.63) is 53.1 Å². The van der Waals surface area contributed by atoms with Crippen LogP contribution in [0.4, 0.5) is 11.4 Å². The minimum absolute atomic E-state index is 0.0342. The molecule has 22 heavy (non-hydrogen) atoms. The van der Waals surface area contributed by atoms with Gasteiger partial charge in [0.1, 0.15) is 5.75 Å². The second-order valence-electron chi connectivity index (χ2n) is 5.12. The molecule has 0 unspecified atom stereocenters. The van der Waals surface area contributed by atoms with Crippen molar-refractivity contribution >= 4 is 28.9 Å². The molecule has 0 fully saturated rings. The van der Waals surface area contributed by atoms with Crippen LogP contribution in [-0.4, -0.2) is 26.1 Å². The van der Waals surface area contributed by atoms with E-state index in [-0.39, 0.29) is 12.5 Å². The van der Waals surface area contributed by atoms with Crippen molar-refractivity contribution in [1.29, 1.82) is 0 Å². The van der Waals surface area contributed by atoms with Gasteiger partial charge in [0, 0.05) is 17.3 Å². The molecule has 0 saturated carbocycles. The predicted molar refractivity (Wildman–Crippen MR) is 89.0 cm³/mol. The molecule has 0 spiro atoms. The SMILES string of the molecule is COc1ccc(Cl)cc1NCC(=O)N1CCc2ccccc21. The number of carbonyl (C=O) groups is 1. The molecule has 1 N–H and O–H groups in total. The number of nitrogens with one attached hydrogen (secondary N) is 1. The lowest BCUT2D eigenvalue weighted by Gasteiger charge is -2.18. The zero-order valence-corrected chi connectivity index (χ0v) is 13.1. The van der Waals surface area contributed by atoms with Crippen LogP contribution in [-0.2, 0) is 11.2 Å². The first-order chi connectivity index (χ1) is 10.7. The molecule has 5 heteroatoms. The van der Waals surface area contributed by atoms with E-state index in [0.717, 1.165) is 24.3 Å². The van der Waals surface area contributed by atoms with Gasteiger partial charge in [0.2, 0.25) is 5.91 Å². The maximum atomic E-state index is 12.5. The Morgan fingerprint density at radius 3 is 2.95 bits per heavy atom. The summed E-state index contributed by atoms with van der Waals surface area (Å²) in [5.41, 5.74) is 2.94. The van der Waals surface area contributed by atoms with Crippen molar-refractivity contribution < 1.29 is 9.53 Å². The van der Waals surface area contributed by atoms with Gasteiger partial charge in [0.05, 0.1) is 19.3 Å².